The van der Waals surface area contributed by atoms with E-state index in [-0.39, 0.29) is 43.5 Å². The Labute approximate surface area is 301 Å². The largest absolute Gasteiger partial charge is 0.497 e. The van der Waals surface area contributed by atoms with Crippen LogP contribution in [0.5, 0.6) is 5.75 Å². The van der Waals surface area contributed by atoms with Gasteiger partial charge in [-0.05, 0) is 53.3 Å². The standard InChI is InChI=1S/C40H51N5O6/c1-28-22-44(29(2)24-49-25-30-16-18-32(48-5)19-17-30)39(46)15-10-20-45(42-3)31(21-41)26-50-38(28)23-43(4)40(47)51-27-37-35-13-8-6-11-33(35)34-12-7-9-14-36(34)37/h6-9,11-14,16-19,21,28-29,37-38H,3,10,15,20,22-27,41H2,1-2,4-5H3/b31-21-/t28-,29+,38-/m0/s1. The maximum atomic E-state index is 13.7. The molecule has 0 radical (unpaired) electrons. The van der Waals surface area contributed by atoms with E-state index in [2.05, 4.69) is 36.1 Å². The molecule has 3 atom stereocenters. The molecule has 2 N–H and O–H groups in total. The smallest absolute Gasteiger partial charge is 0.409 e. The molecule has 272 valence electrons. The lowest BCUT2D eigenvalue weighted by Gasteiger charge is -2.36. The Bertz CT molecular complexity index is 1620. The summed E-state index contributed by atoms with van der Waals surface area (Å²) in [5.74, 6) is 0.583. The average molecular weight is 698 g/mol. The van der Waals surface area contributed by atoms with Gasteiger partial charge in [-0.1, -0.05) is 67.6 Å². The minimum absolute atomic E-state index is 0.00824. The van der Waals surface area contributed by atoms with Crippen LogP contribution in [0.15, 0.2) is 89.8 Å². The third kappa shape index (κ3) is 9.28. The number of nitrogens with zero attached hydrogens (tertiary/aromatic N) is 4. The minimum atomic E-state index is -0.459. The van der Waals surface area contributed by atoms with Crippen LogP contribution < -0.4 is 10.5 Å². The van der Waals surface area contributed by atoms with E-state index < -0.39 is 12.2 Å². The van der Waals surface area contributed by atoms with Gasteiger partial charge in [-0.15, -0.1) is 0 Å². The second kappa shape index (κ2) is 17.9. The molecule has 2 amide bonds. The fourth-order valence-electron chi connectivity index (χ4n) is 6.79. The Hall–Kier alpha value is -4.87. The van der Waals surface area contributed by atoms with E-state index in [1.165, 1.54) is 17.3 Å². The summed E-state index contributed by atoms with van der Waals surface area (Å²) in [7, 11) is 3.35. The number of ether oxygens (including phenoxy) is 4. The lowest BCUT2D eigenvalue weighted by atomic mass is 9.98. The zero-order valence-corrected chi connectivity index (χ0v) is 30.2. The van der Waals surface area contributed by atoms with Crippen molar-refractivity contribution in [2.75, 3.05) is 53.6 Å². The zero-order valence-electron chi connectivity index (χ0n) is 30.2. The van der Waals surface area contributed by atoms with Gasteiger partial charge in [0, 0.05) is 51.3 Å². The minimum Gasteiger partial charge on any atom is -0.497 e. The van der Waals surface area contributed by atoms with Crippen molar-refractivity contribution in [2.45, 2.75) is 51.4 Å². The van der Waals surface area contributed by atoms with Crippen molar-refractivity contribution in [3.63, 3.8) is 0 Å². The number of fused-ring (bicyclic) bond motifs is 3. The predicted octanol–water partition coefficient (Wildman–Crippen LogP) is 5.84. The first-order chi connectivity index (χ1) is 24.7. The number of amides is 2. The summed E-state index contributed by atoms with van der Waals surface area (Å²) < 4.78 is 23.7. The van der Waals surface area contributed by atoms with Crippen molar-refractivity contribution in [1.29, 1.82) is 0 Å². The maximum Gasteiger partial charge on any atom is 0.409 e. The third-order valence-corrected chi connectivity index (χ3v) is 9.76. The first-order valence-corrected chi connectivity index (χ1v) is 17.6. The van der Waals surface area contributed by atoms with E-state index in [0.717, 1.165) is 22.4 Å². The number of hydrogen-bond acceptors (Lipinski definition) is 9. The molecule has 51 heavy (non-hydrogen) atoms. The first kappa shape index (κ1) is 37.4. The van der Waals surface area contributed by atoms with Crippen LogP contribution in [0.2, 0.25) is 0 Å². The van der Waals surface area contributed by atoms with Crippen molar-refractivity contribution in [3.8, 4) is 16.9 Å². The fraction of sp³-hybridized carbons (Fsp3) is 0.425. The molecule has 1 fully saturated rings. The number of hydrogen-bond donors (Lipinski definition) is 1. The Balaban J connectivity index is 1.26. The van der Waals surface area contributed by atoms with Crippen LogP contribution in [0.3, 0.4) is 0 Å². The highest BCUT2D eigenvalue weighted by Gasteiger charge is 2.32. The number of likely N-dealkylation sites (N-methyl/N-ethyl adjacent to an activating group) is 1. The maximum absolute atomic E-state index is 13.7. The molecule has 0 saturated carbocycles. The number of methoxy groups -OCH3 is 1. The lowest BCUT2D eigenvalue weighted by molar-refractivity contribution is -0.136. The van der Waals surface area contributed by atoms with Crippen molar-refractivity contribution >= 4 is 18.7 Å². The summed E-state index contributed by atoms with van der Waals surface area (Å²) in [6, 6.07) is 24.0. The molecule has 3 aromatic carbocycles. The molecule has 1 aliphatic carbocycles. The average Bonchev–Trinajstić information content (AvgIpc) is 3.47. The number of benzene rings is 3. The van der Waals surface area contributed by atoms with Crippen LogP contribution in [-0.2, 0) is 25.6 Å². The van der Waals surface area contributed by atoms with Gasteiger partial charge in [0.25, 0.3) is 0 Å². The first-order valence-electron chi connectivity index (χ1n) is 17.6. The highest BCUT2D eigenvalue weighted by atomic mass is 16.6. The molecular formula is C40H51N5O6. The molecule has 5 rings (SSSR count). The van der Waals surface area contributed by atoms with Crippen LogP contribution in [-0.4, -0.2) is 99.3 Å². The molecule has 11 nitrogen and oxygen atoms in total. The van der Waals surface area contributed by atoms with Crippen LogP contribution >= 0.6 is 0 Å². The van der Waals surface area contributed by atoms with Gasteiger partial charge in [-0.3, -0.25) is 9.80 Å². The van der Waals surface area contributed by atoms with E-state index in [1.54, 1.807) is 24.1 Å². The molecule has 1 heterocycles. The second-order valence-electron chi connectivity index (χ2n) is 13.3. The van der Waals surface area contributed by atoms with Crippen LogP contribution in [0.1, 0.15) is 49.3 Å². The van der Waals surface area contributed by atoms with Crippen molar-refractivity contribution in [2.24, 2.45) is 16.8 Å². The molecule has 3 aromatic rings. The fourth-order valence-corrected chi connectivity index (χ4v) is 6.79. The van der Waals surface area contributed by atoms with Crippen molar-refractivity contribution in [3.05, 3.63) is 101 Å². The van der Waals surface area contributed by atoms with Gasteiger partial charge < -0.3 is 34.5 Å². The molecule has 1 saturated heterocycles. The summed E-state index contributed by atoms with van der Waals surface area (Å²) in [5.41, 5.74) is 12.3. The summed E-state index contributed by atoms with van der Waals surface area (Å²) >= 11 is 0. The Morgan fingerprint density at radius 2 is 1.76 bits per heavy atom. The summed E-state index contributed by atoms with van der Waals surface area (Å²) in [4.78, 5) is 30.6. The summed E-state index contributed by atoms with van der Waals surface area (Å²) in [6.07, 6.45) is 1.43. The molecule has 0 aromatic heterocycles. The molecule has 0 unspecified atom stereocenters. The quantitative estimate of drug-likeness (QED) is 0.248. The van der Waals surface area contributed by atoms with Gasteiger partial charge >= 0.3 is 6.09 Å². The van der Waals surface area contributed by atoms with Crippen molar-refractivity contribution in [1.82, 2.24) is 14.8 Å². The van der Waals surface area contributed by atoms with E-state index in [9.17, 15) is 9.59 Å². The van der Waals surface area contributed by atoms with E-state index >= 15 is 0 Å². The van der Waals surface area contributed by atoms with E-state index in [4.69, 9.17) is 24.7 Å². The molecular weight excluding hydrogens is 646 g/mol. The summed E-state index contributed by atoms with van der Waals surface area (Å²) in [5, 5.41) is 5.80. The number of carbonyl (C=O) groups is 2. The Morgan fingerprint density at radius 3 is 2.39 bits per heavy atom. The number of carbonyl (C=O) groups excluding carboxylic acids is 2. The number of nitrogens with two attached hydrogens (primary N) is 1. The molecule has 0 spiro atoms. The topological polar surface area (TPSA) is 119 Å². The Morgan fingerprint density at radius 1 is 1.10 bits per heavy atom. The van der Waals surface area contributed by atoms with E-state index in [0.29, 0.717) is 44.8 Å². The molecule has 2 aliphatic rings. The van der Waals surface area contributed by atoms with Gasteiger partial charge in [0.2, 0.25) is 5.91 Å². The molecule has 0 bridgehead atoms. The van der Waals surface area contributed by atoms with Gasteiger partial charge in [-0.2, -0.15) is 5.10 Å². The normalized spacial score (nSPS) is 19.8. The monoisotopic (exact) mass is 697 g/mol. The van der Waals surface area contributed by atoms with E-state index in [1.807, 2.05) is 67.3 Å². The third-order valence-electron chi connectivity index (χ3n) is 9.76. The van der Waals surface area contributed by atoms with Crippen molar-refractivity contribution < 1.29 is 28.5 Å². The SMILES string of the molecule is C=NN1CCCC(=O)N([C@H](C)COCc2ccc(OC)cc2)C[C@H](C)[C@H](CN(C)C(=O)OCC2c3ccccc3-c3ccccc32)OC/C1=C/N. The van der Waals surface area contributed by atoms with Gasteiger partial charge in [-0.25, -0.2) is 4.79 Å². The molecule has 11 heteroatoms. The highest BCUT2D eigenvalue weighted by molar-refractivity contribution is 5.79. The van der Waals surface area contributed by atoms with Crippen LogP contribution in [0.25, 0.3) is 11.1 Å². The van der Waals surface area contributed by atoms with Gasteiger partial charge in [0.05, 0.1) is 51.3 Å². The second-order valence-corrected chi connectivity index (χ2v) is 13.3. The number of hydrazone groups is 1. The van der Waals surface area contributed by atoms with Crippen LogP contribution in [0.4, 0.5) is 4.79 Å². The number of rotatable bonds is 11. The van der Waals surface area contributed by atoms with Crippen LogP contribution in [0, 0.1) is 5.92 Å². The highest BCUT2D eigenvalue weighted by Crippen LogP contribution is 2.44. The van der Waals surface area contributed by atoms with Gasteiger partial charge in [0.15, 0.2) is 0 Å². The summed E-state index contributed by atoms with van der Waals surface area (Å²) in [6.45, 7) is 9.99. The zero-order chi connectivity index (χ0) is 36.3. The van der Waals surface area contributed by atoms with Gasteiger partial charge in [0.1, 0.15) is 12.4 Å². The lowest BCUT2D eigenvalue weighted by Crippen LogP contribution is -2.48. The molecule has 1 aliphatic heterocycles. The Kier molecular flexibility index (Phi) is 13.1. The predicted molar refractivity (Wildman–Crippen MR) is 198 cm³/mol.